The lowest BCUT2D eigenvalue weighted by Gasteiger charge is -2.38. The van der Waals surface area contributed by atoms with Gasteiger partial charge in [-0.15, -0.1) is 0 Å². The van der Waals surface area contributed by atoms with Crippen molar-refractivity contribution in [2.75, 3.05) is 19.7 Å². The summed E-state index contributed by atoms with van der Waals surface area (Å²) in [6.07, 6.45) is -3.48. The average molecular weight is 416 g/mol. The summed E-state index contributed by atoms with van der Waals surface area (Å²) < 4.78 is 45.5. The maximum absolute atomic E-state index is 13.4. The molecule has 2 aromatic carbocycles. The molecule has 156 valence electrons. The van der Waals surface area contributed by atoms with Gasteiger partial charge in [0.2, 0.25) is 0 Å². The number of hydrogen-bond acceptors (Lipinski definition) is 4. The molecule has 0 bridgehead atoms. The van der Waals surface area contributed by atoms with E-state index < -0.39 is 23.1 Å². The number of piperidine rings is 1. The van der Waals surface area contributed by atoms with Gasteiger partial charge in [-0.05, 0) is 53.8 Å². The third-order valence-corrected chi connectivity index (χ3v) is 5.89. The Labute approximate surface area is 171 Å². The van der Waals surface area contributed by atoms with Crippen molar-refractivity contribution in [3.63, 3.8) is 0 Å². The monoisotopic (exact) mass is 416 g/mol. The lowest BCUT2D eigenvalue weighted by molar-refractivity contribution is -0.137. The van der Waals surface area contributed by atoms with E-state index in [0.29, 0.717) is 49.2 Å². The van der Waals surface area contributed by atoms with Gasteiger partial charge in [0.15, 0.2) is 0 Å². The van der Waals surface area contributed by atoms with Crippen LogP contribution in [-0.4, -0.2) is 41.9 Å². The van der Waals surface area contributed by atoms with Gasteiger partial charge in [-0.3, -0.25) is 4.90 Å². The number of nitriles is 1. The number of halogens is 3. The lowest BCUT2D eigenvalue weighted by atomic mass is 9.71. The van der Waals surface area contributed by atoms with Crippen LogP contribution in [0.4, 0.5) is 13.2 Å². The molecule has 30 heavy (non-hydrogen) atoms. The molecule has 0 amide bonds. The van der Waals surface area contributed by atoms with Crippen molar-refractivity contribution in [3.05, 3.63) is 59.2 Å². The van der Waals surface area contributed by atoms with Crippen molar-refractivity contribution in [2.24, 2.45) is 0 Å². The van der Waals surface area contributed by atoms with Crippen LogP contribution in [0.3, 0.4) is 0 Å². The molecule has 2 aliphatic heterocycles. The Kier molecular flexibility index (Phi) is 5.04. The number of rotatable bonds is 4. The summed E-state index contributed by atoms with van der Waals surface area (Å²) in [4.78, 5) is 13.3. The topological polar surface area (TPSA) is 76.9 Å². The van der Waals surface area contributed by atoms with E-state index in [-0.39, 0.29) is 11.8 Å². The number of benzene rings is 2. The summed E-state index contributed by atoms with van der Waals surface area (Å²) in [6, 6.07) is 11.5. The summed E-state index contributed by atoms with van der Waals surface area (Å²) in [5.74, 6) is -1.12. The highest BCUT2D eigenvalue weighted by atomic mass is 19.4. The molecule has 1 unspecified atom stereocenters. The van der Waals surface area contributed by atoms with Gasteiger partial charge in [-0.1, -0.05) is 18.2 Å². The van der Waals surface area contributed by atoms with Gasteiger partial charge in [-0.25, -0.2) is 4.79 Å². The van der Waals surface area contributed by atoms with Gasteiger partial charge < -0.3 is 9.84 Å². The Morgan fingerprint density at radius 3 is 2.30 bits per heavy atom. The molecule has 2 fully saturated rings. The van der Waals surface area contributed by atoms with Crippen molar-refractivity contribution in [1.29, 1.82) is 5.26 Å². The van der Waals surface area contributed by atoms with E-state index in [1.165, 1.54) is 30.3 Å². The van der Waals surface area contributed by atoms with Crippen LogP contribution in [0.15, 0.2) is 42.5 Å². The highest BCUT2D eigenvalue weighted by Crippen LogP contribution is 2.43. The molecule has 8 heteroatoms. The van der Waals surface area contributed by atoms with E-state index in [9.17, 15) is 23.2 Å². The molecule has 1 atom stereocenters. The molecule has 0 aromatic heterocycles. The summed E-state index contributed by atoms with van der Waals surface area (Å²) in [5.41, 5.74) is -0.392. The van der Waals surface area contributed by atoms with Crippen molar-refractivity contribution in [3.8, 4) is 17.2 Å². The van der Waals surface area contributed by atoms with Crippen LogP contribution in [0, 0.1) is 11.3 Å². The number of ether oxygens (including phenoxy) is 1. The quantitative estimate of drug-likeness (QED) is 0.753. The van der Waals surface area contributed by atoms with Crippen LogP contribution in [-0.2, 0) is 16.3 Å². The Hall–Kier alpha value is -2.89. The number of likely N-dealkylation sites (tertiary alicyclic amines) is 1. The van der Waals surface area contributed by atoms with E-state index in [2.05, 4.69) is 11.0 Å². The summed E-state index contributed by atoms with van der Waals surface area (Å²) in [5, 5.41) is 19.2. The largest absolute Gasteiger partial charge is 0.478 e. The number of alkyl halides is 3. The van der Waals surface area contributed by atoms with E-state index in [0.717, 1.165) is 12.1 Å². The first kappa shape index (κ1) is 20.4. The number of nitrogens with zero attached hydrogens (tertiary/aromatic N) is 2. The number of aromatic carboxylic acids is 1. The normalized spacial score (nSPS) is 21.1. The van der Waals surface area contributed by atoms with Gasteiger partial charge in [0.05, 0.1) is 29.2 Å². The Morgan fingerprint density at radius 1 is 1.17 bits per heavy atom. The van der Waals surface area contributed by atoms with E-state index in [1.54, 1.807) is 0 Å². The standard InChI is InChI=1S/C22H19F3N2O3/c23-22(24,25)16-5-6-18(17(11-16)14-1-3-15(4-2-14)20(28)29)21(13-26)7-9-27(10-8-21)19-12-30-19/h1-6,11,19H,7-10,12H2,(H,28,29). The second-order valence-corrected chi connectivity index (χ2v) is 7.66. The minimum absolute atomic E-state index is 0.0417. The Balaban J connectivity index is 1.78. The van der Waals surface area contributed by atoms with Gasteiger partial charge >= 0.3 is 12.1 Å². The zero-order chi connectivity index (χ0) is 21.5. The second kappa shape index (κ2) is 7.42. The molecule has 4 rings (SSSR count). The maximum atomic E-state index is 13.4. The molecule has 0 spiro atoms. The Bertz CT molecular complexity index is 1000. The second-order valence-electron chi connectivity index (χ2n) is 7.66. The number of carboxylic acid groups (broad SMARTS) is 1. The fraction of sp³-hybridized carbons (Fsp3) is 0.364. The van der Waals surface area contributed by atoms with E-state index >= 15 is 0 Å². The molecule has 1 N–H and O–H groups in total. The first-order valence-corrected chi connectivity index (χ1v) is 9.56. The van der Waals surface area contributed by atoms with E-state index in [4.69, 9.17) is 9.84 Å². The molecule has 0 radical (unpaired) electrons. The molecule has 2 aromatic rings. The summed E-state index contributed by atoms with van der Waals surface area (Å²) >= 11 is 0. The van der Waals surface area contributed by atoms with Crippen LogP contribution in [0.5, 0.6) is 0 Å². The van der Waals surface area contributed by atoms with Crippen LogP contribution in [0.25, 0.3) is 11.1 Å². The van der Waals surface area contributed by atoms with Gasteiger partial charge in [-0.2, -0.15) is 18.4 Å². The van der Waals surface area contributed by atoms with Crippen LogP contribution < -0.4 is 0 Å². The van der Waals surface area contributed by atoms with Gasteiger partial charge in [0.1, 0.15) is 6.23 Å². The lowest BCUT2D eigenvalue weighted by Crippen LogP contribution is -2.43. The number of hydrogen-bond donors (Lipinski definition) is 1. The maximum Gasteiger partial charge on any atom is 0.416 e. The molecule has 2 aliphatic rings. The molecule has 2 heterocycles. The Morgan fingerprint density at radius 2 is 1.80 bits per heavy atom. The molecule has 0 aliphatic carbocycles. The van der Waals surface area contributed by atoms with Gasteiger partial charge in [0, 0.05) is 13.1 Å². The van der Waals surface area contributed by atoms with Crippen molar-refractivity contribution in [2.45, 2.75) is 30.7 Å². The molecular weight excluding hydrogens is 397 g/mol. The fourth-order valence-electron chi connectivity index (χ4n) is 4.06. The third kappa shape index (κ3) is 3.78. The highest BCUT2D eigenvalue weighted by molar-refractivity contribution is 5.88. The third-order valence-electron chi connectivity index (χ3n) is 5.89. The summed E-state index contributed by atoms with van der Waals surface area (Å²) in [6.45, 7) is 1.91. The zero-order valence-corrected chi connectivity index (χ0v) is 15.9. The van der Waals surface area contributed by atoms with Crippen LogP contribution >= 0.6 is 0 Å². The molecule has 5 nitrogen and oxygen atoms in total. The highest BCUT2D eigenvalue weighted by Gasteiger charge is 2.43. The van der Waals surface area contributed by atoms with Crippen LogP contribution in [0.2, 0.25) is 0 Å². The predicted octanol–water partition coefficient (Wildman–Crippen LogP) is 4.28. The molecule has 0 saturated carbocycles. The van der Waals surface area contributed by atoms with Crippen molar-refractivity contribution in [1.82, 2.24) is 4.90 Å². The molecular formula is C22H19F3N2O3. The van der Waals surface area contributed by atoms with E-state index in [1.807, 2.05) is 0 Å². The van der Waals surface area contributed by atoms with Crippen LogP contribution in [0.1, 0.15) is 34.3 Å². The minimum atomic E-state index is -4.53. The average Bonchev–Trinajstić information content (AvgIpc) is 3.58. The first-order valence-electron chi connectivity index (χ1n) is 9.56. The van der Waals surface area contributed by atoms with Crippen molar-refractivity contribution >= 4 is 5.97 Å². The zero-order valence-electron chi connectivity index (χ0n) is 15.9. The first-order chi connectivity index (χ1) is 14.2. The SMILES string of the molecule is N#CC1(c2ccc(C(F)(F)F)cc2-c2ccc(C(=O)O)cc2)CCN(C2CO2)CC1. The smallest absolute Gasteiger partial charge is 0.416 e. The molecule has 2 saturated heterocycles. The van der Waals surface area contributed by atoms with Crippen molar-refractivity contribution < 1.29 is 27.8 Å². The summed E-state index contributed by atoms with van der Waals surface area (Å²) in [7, 11) is 0. The fourth-order valence-corrected chi connectivity index (χ4v) is 4.06. The predicted molar refractivity (Wildman–Crippen MR) is 102 cm³/mol. The minimum Gasteiger partial charge on any atom is -0.478 e. The number of epoxide rings is 1. The van der Waals surface area contributed by atoms with Gasteiger partial charge in [0.25, 0.3) is 0 Å². The number of carbonyl (C=O) groups is 1. The number of carboxylic acids is 1.